The van der Waals surface area contributed by atoms with Crippen LogP contribution in [0.15, 0.2) is 66.1 Å². The Morgan fingerprint density at radius 1 is 1.19 bits per heavy atom. The Labute approximate surface area is 181 Å². The van der Waals surface area contributed by atoms with Gasteiger partial charge in [0.1, 0.15) is 5.75 Å². The molecule has 0 radical (unpaired) electrons. The number of nitrogens with one attached hydrogen (secondary N) is 1. The van der Waals surface area contributed by atoms with Crippen LogP contribution in [0.25, 0.3) is 10.9 Å². The summed E-state index contributed by atoms with van der Waals surface area (Å²) in [4.78, 5) is 31.1. The highest BCUT2D eigenvalue weighted by molar-refractivity contribution is 6.17. The number of ketones is 1. The molecule has 0 aliphatic carbocycles. The number of carbonyl (C=O) groups is 2. The maximum atomic E-state index is 13.2. The zero-order chi connectivity index (χ0) is 22.1. The number of aliphatic hydroxyl groups is 1. The minimum atomic E-state index is -0.730. The highest BCUT2D eigenvalue weighted by Crippen LogP contribution is 2.44. The van der Waals surface area contributed by atoms with Gasteiger partial charge in [0.05, 0.1) is 18.2 Å². The van der Waals surface area contributed by atoms with Crippen LogP contribution in [0.4, 0.5) is 5.69 Å². The number of carbonyl (C=O) groups excluding carboxylic acids is 2. The summed E-state index contributed by atoms with van der Waals surface area (Å²) < 4.78 is 5.60. The molecule has 2 aromatic carbocycles. The molecule has 0 saturated heterocycles. The molecule has 1 aromatic heterocycles. The minimum Gasteiger partial charge on any atom is -0.503 e. The molecule has 160 valence electrons. The number of aliphatic hydroxyl groups excluding tert-OH is 1. The van der Waals surface area contributed by atoms with Gasteiger partial charge in [0.15, 0.2) is 11.5 Å². The first kappa shape index (κ1) is 20.7. The van der Waals surface area contributed by atoms with Crippen molar-refractivity contribution in [2.24, 2.45) is 5.92 Å². The number of fused-ring (bicyclic) bond motifs is 1. The molecule has 6 nitrogen and oxygen atoms in total. The van der Waals surface area contributed by atoms with E-state index in [1.54, 1.807) is 18.2 Å². The van der Waals surface area contributed by atoms with Gasteiger partial charge in [-0.1, -0.05) is 38.1 Å². The Balaban J connectivity index is 1.89. The number of amides is 1. The van der Waals surface area contributed by atoms with Gasteiger partial charge in [-0.05, 0) is 31.0 Å². The topological polar surface area (TPSA) is 82.6 Å². The van der Waals surface area contributed by atoms with E-state index in [2.05, 4.69) is 4.98 Å². The molecular formula is C25H26N2O4. The zero-order valence-electron chi connectivity index (χ0n) is 17.9. The van der Waals surface area contributed by atoms with Gasteiger partial charge in [-0.3, -0.25) is 14.5 Å². The van der Waals surface area contributed by atoms with Gasteiger partial charge in [-0.25, -0.2) is 0 Å². The normalized spacial score (nSPS) is 16.6. The van der Waals surface area contributed by atoms with E-state index in [0.29, 0.717) is 18.0 Å². The lowest BCUT2D eigenvalue weighted by molar-refractivity contribution is -0.118. The van der Waals surface area contributed by atoms with E-state index in [-0.39, 0.29) is 23.7 Å². The van der Waals surface area contributed by atoms with Crippen molar-refractivity contribution in [3.05, 3.63) is 71.6 Å². The number of para-hydroxylation sites is 1. The molecule has 1 aliphatic rings. The van der Waals surface area contributed by atoms with E-state index in [9.17, 15) is 14.7 Å². The van der Waals surface area contributed by atoms with Crippen LogP contribution < -0.4 is 9.64 Å². The molecule has 2 N–H and O–H groups in total. The largest absolute Gasteiger partial charge is 0.503 e. The predicted octanol–water partition coefficient (Wildman–Crippen LogP) is 5.08. The molecule has 4 rings (SSSR count). The predicted molar refractivity (Wildman–Crippen MR) is 120 cm³/mol. The van der Waals surface area contributed by atoms with Crippen molar-refractivity contribution >= 4 is 28.3 Å². The second-order valence-electron chi connectivity index (χ2n) is 8.08. The lowest BCUT2D eigenvalue weighted by Crippen LogP contribution is -2.31. The lowest BCUT2D eigenvalue weighted by Gasteiger charge is -2.27. The molecule has 2 heterocycles. The first-order valence-electron chi connectivity index (χ1n) is 10.5. The Morgan fingerprint density at radius 2 is 1.97 bits per heavy atom. The second-order valence-corrected chi connectivity index (χ2v) is 8.08. The van der Waals surface area contributed by atoms with Crippen molar-refractivity contribution < 1.29 is 19.4 Å². The summed E-state index contributed by atoms with van der Waals surface area (Å²) in [5.41, 5.74) is 2.37. The van der Waals surface area contributed by atoms with Crippen molar-refractivity contribution in [2.75, 3.05) is 11.5 Å². The van der Waals surface area contributed by atoms with Crippen molar-refractivity contribution in [1.82, 2.24) is 4.98 Å². The third-order valence-corrected chi connectivity index (χ3v) is 5.42. The quantitative estimate of drug-likeness (QED) is 0.560. The lowest BCUT2D eigenvalue weighted by atomic mass is 9.92. The molecule has 6 heteroatoms. The average Bonchev–Trinajstić information content (AvgIpc) is 3.27. The molecular weight excluding hydrogens is 392 g/mol. The third kappa shape index (κ3) is 3.69. The van der Waals surface area contributed by atoms with Crippen LogP contribution in [-0.2, 0) is 9.59 Å². The van der Waals surface area contributed by atoms with Gasteiger partial charge < -0.3 is 14.8 Å². The van der Waals surface area contributed by atoms with Gasteiger partial charge in [-0.15, -0.1) is 0 Å². The number of hydrogen-bond donors (Lipinski definition) is 2. The van der Waals surface area contributed by atoms with Crippen LogP contribution in [0.5, 0.6) is 5.75 Å². The Hall–Kier alpha value is -3.54. The van der Waals surface area contributed by atoms with Crippen molar-refractivity contribution in [3.63, 3.8) is 0 Å². The van der Waals surface area contributed by atoms with Gasteiger partial charge in [0.2, 0.25) is 0 Å². The van der Waals surface area contributed by atoms with E-state index in [4.69, 9.17) is 4.74 Å². The average molecular weight is 418 g/mol. The third-order valence-electron chi connectivity index (χ3n) is 5.42. The molecule has 1 aliphatic heterocycles. The standard InChI is InChI=1S/C25H26N2O4/c1-4-31-17-9-7-8-16(13-17)27-23(19-14-26-20-11-6-5-10-18(19)20)22(24(29)25(27)30)21(28)12-15(2)3/h5-11,13-15,23,26,29H,4,12H2,1-3H3. The van der Waals surface area contributed by atoms with Gasteiger partial charge >= 0.3 is 0 Å². The van der Waals surface area contributed by atoms with Crippen molar-refractivity contribution in [2.45, 2.75) is 33.2 Å². The summed E-state index contributed by atoms with van der Waals surface area (Å²) in [5.74, 6) is -0.577. The molecule has 1 amide bonds. The summed E-state index contributed by atoms with van der Waals surface area (Å²) in [6, 6.07) is 14.1. The van der Waals surface area contributed by atoms with Crippen molar-refractivity contribution in [3.8, 4) is 5.75 Å². The maximum absolute atomic E-state index is 13.2. The fourth-order valence-corrected chi connectivity index (χ4v) is 4.14. The monoisotopic (exact) mass is 418 g/mol. The molecule has 0 fully saturated rings. The summed E-state index contributed by atoms with van der Waals surface area (Å²) >= 11 is 0. The number of rotatable bonds is 7. The summed E-state index contributed by atoms with van der Waals surface area (Å²) in [5, 5.41) is 11.7. The second kappa shape index (κ2) is 8.30. The van der Waals surface area contributed by atoms with Crippen LogP contribution in [0.2, 0.25) is 0 Å². The number of ether oxygens (including phenoxy) is 1. The molecule has 0 saturated carbocycles. The van der Waals surface area contributed by atoms with Crippen LogP contribution in [-0.4, -0.2) is 28.4 Å². The van der Waals surface area contributed by atoms with E-state index < -0.39 is 17.7 Å². The summed E-state index contributed by atoms with van der Waals surface area (Å²) in [7, 11) is 0. The van der Waals surface area contributed by atoms with Crippen LogP contribution in [0, 0.1) is 5.92 Å². The zero-order valence-corrected chi connectivity index (χ0v) is 17.9. The summed E-state index contributed by atoms with van der Waals surface area (Å²) in [6.07, 6.45) is 2.06. The highest BCUT2D eigenvalue weighted by Gasteiger charge is 2.45. The summed E-state index contributed by atoms with van der Waals surface area (Å²) in [6.45, 7) is 6.26. The number of Topliss-reactive ketones (excluding diaryl/α,β-unsaturated/α-hetero) is 1. The SMILES string of the molecule is CCOc1cccc(N2C(=O)C(O)=C(C(=O)CC(C)C)C2c2c[nH]c3ccccc23)c1. The number of benzene rings is 2. The number of nitrogens with zero attached hydrogens (tertiary/aromatic N) is 1. The first-order chi connectivity index (χ1) is 14.9. The molecule has 1 atom stereocenters. The molecule has 0 spiro atoms. The Kier molecular flexibility index (Phi) is 5.55. The number of hydrogen-bond acceptors (Lipinski definition) is 4. The Morgan fingerprint density at radius 3 is 2.71 bits per heavy atom. The van der Waals surface area contributed by atoms with E-state index in [1.165, 1.54) is 4.90 Å². The smallest absolute Gasteiger partial charge is 0.294 e. The van der Waals surface area contributed by atoms with Gasteiger partial charge in [-0.2, -0.15) is 0 Å². The van der Waals surface area contributed by atoms with Gasteiger partial charge in [0.25, 0.3) is 5.91 Å². The maximum Gasteiger partial charge on any atom is 0.294 e. The van der Waals surface area contributed by atoms with E-state index in [1.807, 2.05) is 57.3 Å². The van der Waals surface area contributed by atoms with Crippen LogP contribution in [0.3, 0.4) is 0 Å². The van der Waals surface area contributed by atoms with Crippen molar-refractivity contribution in [1.29, 1.82) is 0 Å². The number of anilines is 1. The number of H-pyrrole nitrogens is 1. The van der Waals surface area contributed by atoms with Crippen LogP contribution in [0.1, 0.15) is 38.8 Å². The molecule has 31 heavy (non-hydrogen) atoms. The van der Waals surface area contributed by atoms with E-state index in [0.717, 1.165) is 16.5 Å². The minimum absolute atomic E-state index is 0.0989. The fourth-order valence-electron chi connectivity index (χ4n) is 4.14. The Bertz CT molecular complexity index is 1170. The van der Waals surface area contributed by atoms with Gasteiger partial charge in [0, 0.05) is 40.8 Å². The molecule has 0 bridgehead atoms. The van der Waals surface area contributed by atoms with E-state index >= 15 is 0 Å². The number of aromatic amines is 1. The molecule has 3 aromatic rings. The molecule has 1 unspecified atom stereocenters. The first-order valence-corrected chi connectivity index (χ1v) is 10.5. The highest BCUT2D eigenvalue weighted by atomic mass is 16.5. The fraction of sp³-hybridized carbons (Fsp3) is 0.280. The number of aromatic nitrogens is 1. The van der Waals surface area contributed by atoms with Crippen LogP contribution >= 0.6 is 0 Å².